The van der Waals surface area contributed by atoms with Crippen LogP contribution in [0.3, 0.4) is 0 Å². The summed E-state index contributed by atoms with van der Waals surface area (Å²) < 4.78 is 1.32. The molecule has 2 atom stereocenters. The van der Waals surface area contributed by atoms with E-state index in [1.165, 1.54) is 15.6 Å². The molecule has 1 saturated heterocycles. The van der Waals surface area contributed by atoms with Gasteiger partial charge < -0.3 is 5.11 Å². The first-order chi connectivity index (χ1) is 13.4. The topological polar surface area (TPSA) is 57.6 Å². The van der Waals surface area contributed by atoms with Gasteiger partial charge in [-0.2, -0.15) is 11.3 Å². The molecule has 1 aromatic heterocycles. The van der Waals surface area contributed by atoms with Crippen molar-refractivity contribution in [3.05, 3.63) is 87.1 Å². The Labute approximate surface area is 176 Å². The summed E-state index contributed by atoms with van der Waals surface area (Å²) in [5.41, 5.74) is 0.777. The van der Waals surface area contributed by atoms with Gasteiger partial charge in [0.05, 0.1) is 0 Å². The Hall–Kier alpha value is -2.28. The van der Waals surface area contributed by atoms with Gasteiger partial charge in [0.15, 0.2) is 5.78 Å². The third kappa shape index (κ3) is 2.92. The van der Waals surface area contributed by atoms with Crippen LogP contribution in [-0.2, 0) is 15.1 Å². The van der Waals surface area contributed by atoms with Gasteiger partial charge in [-0.3, -0.25) is 13.9 Å². The maximum absolute atomic E-state index is 13.4. The monoisotopic (exact) mass is 429 g/mol. The summed E-state index contributed by atoms with van der Waals surface area (Å²) in [4.78, 5) is 26.6. The number of amides is 1. The van der Waals surface area contributed by atoms with Crippen LogP contribution in [0, 0.1) is 0 Å². The normalized spacial score (nSPS) is 22.5. The second-order valence-electron chi connectivity index (χ2n) is 6.67. The van der Waals surface area contributed by atoms with E-state index in [0.29, 0.717) is 16.1 Å². The molecule has 0 aliphatic carbocycles. The van der Waals surface area contributed by atoms with Gasteiger partial charge in [0, 0.05) is 11.4 Å². The number of phenols is 1. The minimum atomic E-state index is -1.10. The number of hydrogen-bond donors (Lipinski definition) is 2. The molecule has 28 heavy (non-hydrogen) atoms. The zero-order valence-corrected chi connectivity index (χ0v) is 17.0. The Kier molecular flexibility index (Phi) is 4.95. The minimum absolute atomic E-state index is 0.0261. The highest BCUT2D eigenvalue weighted by molar-refractivity contribution is 7.78. The fraction of sp³-hybridized carbons (Fsp3) is 0.143. The second-order valence-corrected chi connectivity index (χ2v) is 8.26. The number of aromatic hydroxyl groups is 1. The lowest BCUT2D eigenvalue weighted by Gasteiger charge is -2.46. The number of ketones is 1. The van der Waals surface area contributed by atoms with Gasteiger partial charge in [-0.05, 0) is 51.7 Å². The van der Waals surface area contributed by atoms with Crippen LogP contribution in [0.15, 0.2) is 65.4 Å². The van der Waals surface area contributed by atoms with Crippen molar-refractivity contribution in [3.63, 3.8) is 0 Å². The van der Waals surface area contributed by atoms with Crippen LogP contribution in [0.25, 0.3) is 0 Å². The fourth-order valence-corrected chi connectivity index (χ4v) is 5.16. The number of halogens is 1. The first-order valence-electron chi connectivity index (χ1n) is 8.57. The standard InChI is InChI=1S/C21H16ClNO3S2/c22-17-7-2-1-6-16(17)19-18(25)11-21(23(27)20(19)26,14-8-9-28-12-14)13-4-3-5-15(24)10-13/h1-10,12,19,24,27H,11H2. The number of thiophene rings is 1. The Morgan fingerprint density at radius 1 is 1.11 bits per heavy atom. The lowest BCUT2D eigenvalue weighted by atomic mass is 9.73. The van der Waals surface area contributed by atoms with Gasteiger partial charge in [-0.25, -0.2) is 0 Å². The zero-order chi connectivity index (χ0) is 19.9. The maximum atomic E-state index is 13.4. The molecule has 1 aliphatic heterocycles. The molecule has 4 nitrogen and oxygen atoms in total. The molecule has 3 aromatic rings. The van der Waals surface area contributed by atoms with Gasteiger partial charge in [0.1, 0.15) is 17.2 Å². The molecule has 2 heterocycles. The predicted octanol–water partition coefficient (Wildman–Crippen LogP) is 4.78. The smallest absolute Gasteiger partial charge is 0.248 e. The molecule has 4 rings (SSSR count). The van der Waals surface area contributed by atoms with Crippen LogP contribution in [0.4, 0.5) is 0 Å². The highest BCUT2D eigenvalue weighted by Gasteiger charge is 2.52. The number of nitrogens with zero attached hydrogens (tertiary/aromatic N) is 1. The van der Waals surface area contributed by atoms with Crippen LogP contribution >= 0.6 is 35.8 Å². The largest absolute Gasteiger partial charge is 0.508 e. The third-order valence-electron chi connectivity index (χ3n) is 5.11. The van der Waals surface area contributed by atoms with Gasteiger partial charge >= 0.3 is 0 Å². The van der Waals surface area contributed by atoms with E-state index < -0.39 is 17.4 Å². The predicted molar refractivity (Wildman–Crippen MR) is 113 cm³/mol. The van der Waals surface area contributed by atoms with Crippen molar-refractivity contribution in [2.45, 2.75) is 17.9 Å². The SMILES string of the molecule is O=C1CC(c2ccsc2)(c2cccc(O)c2)N(S)C(=O)C1c1ccccc1Cl. The highest BCUT2D eigenvalue weighted by Crippen LogP contribution is 2.48. The molecule has 2 unspecified atom stereocenters. The lowest BCUT2D eigenvalue weighted by Crippen LogP contribution is -2.54. The Morgan fingerprint density at radius 3 is 2.57 bits per heavy atom. The first-order valence-corrected chi connectivity index (χ1v) is 10.3. The zero-order valence-electron chi connectivity index (χ0n) is 14.6. The highest BCUT2D eigenvalue weighted by atomic mass is 35.5. The summed E-state index contributed by atoms with van der Waals surface area (Å²) >= 11 is 12.3. The molecule has 1 aliphatic rings. The summed E-state index contributed by atoms with van der Waals surface area (Å²) in [6.45, 7) is 0. The summed E-state index contributed by atoms with van der Waals surface area (Å²) in [5.74, 6) is -1.63. The van der Waals surface area contributed by atoms with Crippen molar-refractivity contribution in [2.75, 3.05) is 0 Å². The maximum Gasteiger partial charge on any atom is 0.248 e. The average Bonchev–Trinajstić information content (AvgIpc) is 3.21. The van der Waals surface area contributed by atoms with Crippen LogP contribution in [-0.4, -0.2) is 21.1 Å². The molecular weight excluding hydrogens is 414 g/mol. The van der Waals surface area contributed by atoms with E-state index in [4.69, 9.17) is 11.6 Å². The third-order valence-corrected chi connectivity index (χ3v) is 6.67. The molecule has 142 valence electrons. The Morgan fingerprint density at radius 2 is 1.89 bits per heavy atom. The number of thiol groups is 1. The lowest BCUT2D eigenvalue weighted by molar-refractivity contribution is -0.142. The van der Waals surface area contributed by atoms with Gasteiger partial charge in [0.2, 0.25) is 5.91 Å². The van der Waals surface area contributed by atoms with Crippen LogP contribution in [0.5, 0.6) is 5.75 Å². The van der Waals surface area contributed by atoms with Crippen molar-refractivity contribution in [1.82, 2.24) is 4.31 Å². The molecule has 1 fully saturated rings. The number of phenolic OH excluding ortho intramolecular Hbond substituents is 1. The summed E-state index contributed by atoms with van der Waals surface area (Å²) in [6.07, 6.45) is 0.0261. The van der Waals surface area contributed by atoms with E-state index in [-0.39, 0.29) is 18.0 Å². The molecule has 2 aromatic carbocycles. The summed E-state index contributed by atoms with van der Waals surface area (Å²) in [5, 5.41) is 14.2. The molecule has 0 radical (unpaired) electrons. The van der Waals surface area contributed by atoms with E-state index in [1.807, 2.05) is 16.8 Å². The van der Waals surface area contributed by atoms with E-state index >= 15 is 0 Å². The van der Waals surface area contributed by atoms with Gasteiger partial charge in [-0.15, -0.1) is 0 Å². The van der Waals surface area contributed by atoms with Crippen LogP contribution < -0.4 is 0 Å². The number of carbonyl (C=O) groups is 2. The Bertz CT molecular complexity index is 1050. The van der Waals surface area contributed by atoms with E-state index in [9.17, 15) is 14.7 Å². The number of piperidine rings is 1. The number of rotatable bonds is 3. The number of benzene rings is 2. The number of hydrogen-bond acceptors (Lipinski definition) is 5. The van der Waals surface area contributed by atoms with Crippen molar-refractivity contribution in [1.29, 1.82) is 0 Å². The summed E-state index contributed by atoms with van der Waals surface area (Å²) in [6, 6.07) is 15.3. The second kappa shape index (κ2) is 7.28. The van der Waals surface area contributed by atoms with Gasteiger partial charge in [0.25, 0.3) is 0 Å². The van der Waals surface area contributed by atoms with Crippen molar-refractivity contribution >= 4 is 47.4 Å². The molecule has 1 amide bonds. The number of Topliss-reactive ketones (excluding diaryl/α,β-unsaturated/α-hetero) is 1. The molecule has 0 saturated carbocycles. The minimum Gasteiger partial charge on any atom is -0.508 e. The molecular formula is C21H16ClNO3S2. The van der Waals surface area contributed by atoms with E-state index in [0.717, 1.165) is 5.56 Å². The van der Waals surface area contributed by atoms with Crippen LogP contribution in [0.2, 0.25) is 5.02 Å². The van der Waals surface area contributed by atoms with E-state index in [1.54, 1.807) is 48.5 Å². The van der Waals surface area contributed by atoms with Crippen LogP contribution in [0.1, 0.15) is 29.0 Å². The fourth-order valence-electron chi connectivity index (χ4n) is 3.77. The quantitative estimate of drug-likeness (QED) is 0.465. The van der Waals surface area contributed by atoms with Crippen molar-refractivity contribution in [3.8, 4) is 5.75 Å². The Balaban J connectivity index is 1.88. The van der Waals surface area contributed by atoms with Crippen molar-refractivity contribution in [2.24, 2.45) is 0 Å². The molecule has 1 N–H and O–H groups in total. The van der Waals surface area contributed by atoms with E-state index in [2.05, 4.69) is 12.8 Å². The number of carbonyl (C=O) groups excluding carboxylic acids is 2. The van der Waals surface area contributed by atoms with Crippen molar-refractivity contribution < 1.29 is 14.7 Å². The summed E-state index contributed by atoms with van der Waals surface area (Å²) in [7, 11) is 0. The molecule has 0 bridgehead atoms. The molecule has 7 heteroatoms. The average molecular weight is 430 g/mol. The molecule has 0 spiro atoms. The first kappa shape index (κ1) is 19.1. The van der Waals surface area contributed by atoms with Gasteiger partial charge in [-0.1, -0.05) is 54.7 Å².